The van der Waals surface area contributed by atoms with Crippen molar-refractivity contribution in [1.82, 2.24) is 10.2 Å². The molecule has 5 rings (SSSR count). The number of nitrogens with one attached hydrogen (secondary N) is 1. The molecular weight excluding hydrogens is 555 g/mol. The van der Waals surface area contributed by atoms with Crippen LogP contribution in [-0.4, -0.2) is 27.6 Å². The van der Waals surface area contributed by atoms with Gasteiger partial charge in [0.25, 0.3) is 0 Å². The van der Waals surface area contributed by atoms with Crippen LogP contribution in [0.15, 0.2) is 75.5 Å². The number of allylic oxidation sites excluding steroid dienone is 3. The van der Waals surface area contributed by atoms with Gasteiger partial charge in [0.05, 0.1) is 34.9 Å². The molecule has 206 valence electrons. The first-order valence-corrected chi connectivity index (χ1v) is 14.7. The summed E-state index contributed by atoms with van der Waals surface area (Å²) in [5.41, 5.74) is 11.0. The van der Waals surface area contributed by atoms with Gasteiger partial charge >= 0.3 is 0 Å². The molecule has 2 heterocycles. The van der Waals surface area contributed by atoms with Crippen LogP contribution in [0.3, 0.4) is 0 Å². The van der Waals surface area contributed by atoms with Gasteiger partial charge in [-0.25, -0.2) is 0 Å². The smallest absolute Gasteiger partial charge is 0.234 e. The molecule has 1 unspecified atom stereocenters. The number of nitrogens with two attached hydrogens (primary N) is 1. The van der Waals surface area contributed by atoms with Gasteiger partial charge in [-0.05, 0) is 48.6 Å². The Balaban J connectivity index is 1.44. The summed E-state index contributed by atoms with van der Waals surface area (Å²) in [4.78, 5) is 27.9. The fraction of sp³-hybridized carbons (Fsp3) is 0.267. The van der Waals surface area contributed by atoms with E-state index in [0.717, 1.165) is 16.8 Å². The maximum absolute atomic E-state index is 13.7. The van der Waals surface area contributed by atoms with Crippen molar-refractivity contribution in [2.24, 2.45) is 11.1 Å². The minimum atomic E-state index is -0.553. The summed E-state index contributed by atoms with van der Waals surface area (Å²) in [6.45, 7) is 6.07. The van der Waals surface area contributed by atoms with Crippen LogP contribution < -0.4 is 16.0 Å². The molecular formula is C30H27N7O2S2. The Kier molecular flexibility index (Phi) is 7.68. The number of hydrogen-bond acceptors (Lipinski definition) is 10. The lowest BCUT2D eigenvalue weighted by atomic mass is 9.68. The first-order valence-electron chi connectivity index (χ1n) is 12.9. The molecule has 1 atom stereocenters. The quantitative estimate of drug-likeness (QED) is 0.365. The van der Waals surface area contributed by atoms with Gasteiger partial charge < -0.3 is 11.1 Å². The van der Waals surface area contributed by atoms with Crippen molar-refractivity contribution in [3.63, 3.8) is 0 Å². The maximum atomic E-state index is 13.7. The normalized spacial score (nSPS) is 18.0. The molecule has 0 saturated heterocycles. The number of anilines is 2. The number of nitrogens with zero attached hydrogens (tertiary/aromatic N) is 5. The Bertz CT molecular complexity index is 1670. The van der Waals surface area contributed by atoms with Gasteiger partial charge in [0, 0.05) is 23.4 Å². The Morgan fingerprint density at radius 2 is 1.83 bits per heavy atom. The second kappa shape index (κ2) is 11.2. The van der Waals surface area contributed by atoms with E-state index in [1.165, 1.54) is 23.1 Å². The Hall–Kier alpha value is -4.45. The van der Waals surface area contributed by atoms with Gasteiger partial charge in [-0.1, -0.05) is 66.8 Å². The zero-order valence-electron chi connectivity index (χ0n) is 22.8. The zero-order chi connectivity index (χ0) is 29.3. The summed E-state index contributed by atoms with van der Waals surface area (Å²) >= 11 is 2.47. The number of amides is 1. The van der Waals surface area contributed by atoms with Crippen molar-refractivity contribution in [3.8, 4) is 12.1 Å². The van der Waals surface area contributed by atoms with E-state index in [9.17, 15) is 14.9 Å². The second-order valence-corrected chi connectivity index (χ2v) is 12.9. The molecule has 2 aromatic carbocycles. The fourth-order valence-corrected chi connectivity index (χ4v) is 6.80. The lowest BCUT2D eigenvalue weighted by Gasteiger charge is -2.42. The van der Waals surface area contributed by atoms with E-state index in [2.05, 4.69) is 21.6 Å². The monoisotopic (exact) mass is 581 g/mol. The second-order valence-electron chi connectivity index (χ2n) is 10.8. The molecule has 3 aromatic rings. The van der Waals surface area contributed by atoms with E-state index in [1.807, 2.05) is 51.1 Å². The Morgan fingerprint density at radius 1 is 1.12 bits per heavy atom. The molecule has 2 aliphatic rings. The van der Waals surface area contributed by atoms with Gasteiger partial charge in [0.15, 0.2) is 10.1 Å². The van der Waals surface area contributed by atoms with Crippen LogP contribution in [0.4, 0.5) is 10.8 Å². The summed E-state index contributed by atoms with van der Waals surface area (Å²) in [6.07, 6.45) is 0.942. The summed E-state index contributed by atoms with van der Waals surface area (Å²) in [7, 11) is 0. The number of hydrogen-bond donors (Lipinski definition) is 2. The van der Waals surface area contributed by atoms with Gasteiger partial charge in [0.2, 0.25) is 11.0 Å². The highest BCUT2D eigenvalue weighted by atomic mass is 32.2. The third kappa shape index (κ3) is 5.73. The SMILES string of the molecule is Cc1ccc(C2C(C#N)=C(N)N(c3nnc(SCC(=O)Nc4ccc(C#N)cc4)s3)C3=C2C(=O)CC(C)(C)C3)cc1. The number of ketones is 1. The molecule has 0 bridgehead atoms. The lowest BCUT2D eigenvalue weighted by Crippen LogP contribution is -2.42. The van der Waals surface area contributed by atoms with E-state index >= 15 is 0 Å². The molecule has 1 aromatic heterocycles. The molecule has 0 saturated carbocycles. The minimum Gasteiger partial charge on any atom is -0.384 e. The summed E-state index contributed by atoms with van der Waals surface area (Å²) in [6, 6.07) is 18.8. The van der Waals surface area contributed by atoms with Gasteiger partial charge in [0.1, 0.15) is 5.82 Å². The molecule has 0 spiro atoms. The third-order valence-electron chi connectivity index (χ3n) is 7.00. The predicted octanol–water partition coefficient (Wildman–Crippen LogP) is 5.39. The van der Waals surface area contributed by atoms with E-state index < -0.39 is 5.92 Å². The van der Waals surface area contributed by atoms with Crippen molar-refractivity contribution >= 4 is 45.6 Å². The Morgan fingerprint density at radius 3 is 2.49 bits per heavy atom. The summed E-state index contributed by atoms with van der Waals surface area (Å²) < 4.78 is 0.547. The highest BCUT2D eigenvalue weighted by molar-refractivity contribution is 8.01. The van der Waals surface area contributed by atoms with Crippen LogP contribution in [0.2, 0.25) is 0 Å². The molecule has 11 heteroatoms. The van der Waals surface area contributed by atoms with Crippen LogP contribution in [-0.2, 0) is 9.59 Å². The molecule has 3 N–H and O–H groups in total. The Labute approximate surface area is 246 Å². The summed E-state index contributed by atoms with van der Waals surface area (Å²) in [5.74, 6) is -0.466. The average molecular weight is 582 g/mol. The van der Waals surface area contributed by atoms with Crippen molar-refractivity contribution in [3.05, 3.63) is 87.9 Å². The van der Waals surface area contributed by atoms with E-state index in [-0.39, 0.29) is 28.7 Å². The number of carbonyl (C=O) groups is 2. The maximum Gasteiger partial charge on any atom is 0.234 e. The van der Waals surface area contributed by atoms with Gasteiger partial charge in [-0.2, -0.15) is 10.5 Å². The zero-order valence-corrected chi connectivity index (χ0v) is 24.4. The number of thioether (sulfide) groups is 1. The number of benzene rings is 2. The fourth-order valence-electron chi connectivity index (χ4n) is 5.12. The van der Waals surface area contributed by atoms with Crippen LogP contribution in [0.1, 0.15) is 49.3 Å². The highest BCUT2D eigenvalue weighted by Crippen LogP contribution is 2.50. The van der Waals surface area contributed by atoms with E-state index in [4.69, 9.17) is 11.0 Å². The molecule has 41 heavy (non-hydrogen) atoms. The lowest BCUT2D eigenvalue weighted by molar-refractivity contribution is -0.118. The van der Waals surface area contributed by atoms with Crippen molar-refractivity contribution in [2.75, 3.05) is 16.0 Å². The number of rotatable bonds is 6. The van der Waals surface area contributed by atoms with Gasteiger partial charge in [-0.15, -0.1) is 10.2 Å². The largest absolute Gasteiger partial charge is 0.384 e. The van der Waals surface area contributed by atoms with Crippen LogP contribution in [0.25, 0.3) is 0 Å². The van der Waals surface area contributed by atoms with Crippen LogP contribution >= 0.6 is 23.1 Å². The number of aryl methyl sites for hydroxylation is 1. The first kappa shape index (κ1) is 28.1. The molecule has 1 amide bonds. The van der Waals surface area contributed by atoms with Crippen molar-refractivity contribution < 1.29 is 9.59 Å². The predicted molar refractivity (Wildman–Crippen MR) is 159 cm³/mol. The number of aromatic nitrogens is 2. The summed E-state index contributed by atoms with van der Waals surface area (Å²) in [5, 5.41) is 31.0. The minimum absolute atomic E-state index is 0.00865. The standard InChI is InChI=1S/C30H27N7O2S2/c1-17-4-8-19(9-5-17)25-21(15-32)27(33)37(22-12-30(2,3)13-23(38)26(22)25)28-35-36-29(41-28)40-16-24(39)34-20-10-6-18(14-31)7-11-20/h4-11,25H,12-13,16,33H2,1-3H3,(H,34,39). The van der Waals surface area contributed by atoms with Crippen molar-refractivity contribution in [2.45, 2.75) is 43.9 Å². The van der Waals surface area contributed by atoms with E-state index in [1.54, 1.807) is 29.2 Å². The van der Waals surface area contributed by atoms with Gasteiger partial charge in [-0.3, -0.25) is 14.5 Å². The van der Waals surface area contributed by atoms with E-state index in [0.29, 0.717) is 44.7 Å². The number of nitriles is 2. The topological polar surface area (TPSA) is 149 Å². The molecule has 0 fully saturated rings. The van der Waals surface area contributed by atoms with Crippen LogP contribution in [0, 0.1) is 35.0 Å². The van der Waals surface area contributed by atoms with Crippen LogP contribution in [0.5, 0.6) is 0 Å². The first-order chi connectivity index (χ1) is 19.6. The van der Waals surface area contributed by atoms with Crippen molar-refractivity contribution in [1.29, 1.82) is 10.5 Å². The number of carbonyl (C=O) groups excluding carboxylic acids is 2. The molecule has 0 radical (unpaired) electrons. The third-order valence-corrected chi connectivity index (χ3v) is 9.05. The molecule has 1 aliphatic carbocycles. The number of Topliss-reactive ketones (excluding diaryl/α,β-unsaturated/α-hetero) is 1. The highest BCUT2D eigenvalue weighted by Gasteiger charge is 2.45. The molecule has 1 aliphatic heterocycles. The molecule has 9 nitrogen and oxygen atoms in total. The average Bonchev–Trinajstić information content (AvgIpc) is 3.40.